The van der Waals surface area contributed by atoms with Crippen LogP contribution in [0.5, 0.6) is 0 Å². The summed E-state index contributed by atoms with van der Waals surface area (Å²) in [6.07, 6.45) is -8.95. The lowest BCUT2D eigenvalue weighted by Gasteiger charge is -2.36. The van der Waals surface area contributed by atoms with Crippen molar-refractivity contribution in [2.75, 3.05) is 27.4 Å². The predicted octanol–water partition coefficient (Wildman–Crippen LogP) is 4.57. The van der Waals surface area contributed by atoms with Gasteiger partial charge in [0.1, 0.15) is 0 Å². The molecule has 5 nitrogen and oxygen atoms in total. The zero-order valence-corrected chi connectivity index (χ0v) is 16.6. The van der Waals surface area contributed by atoms with E-state index in [4.69, 9.17) is 8.85 Å². The molecule has 0 aromatic carbocycles. The minimum atomic E-state index is -7.54. The van der Waals surface area contributed by atoms with Gasteiger partial charge in [0.25, 0.3) is 0 Å². The van der Waals surface area contributed by atoms with Crippen molar-refractivity contribution in [2.45, 2.75) is 48.9 Å². The van der Waals surface area contributed by atoms with Crippen LogP contribution in [0.25, 0.3) is 0 Å². The first-order valence-corrected chi connectivity index (χ1v) is 10.3. The number of carbonyl (C=O) groups excluding carboxylic acids is 1. The molecule has 0 radical (unpaired) electrons. The number of halogens is 11. The Morgan fingerprint density at radius 3 is 1.70 bits per heavy atom. The first-order chi connectivity index (χ1) is 13.2. The fourth-order valence-corrected chi connectivity index (χ4v) is 3.18. The Hall–Kier alpha value is -1.36. The van der Waals surface area contributed by atoms with Gasteiger partial charge in [0.2, 0.25) is 0 Å². The van der Waals surface area contributed by atoms with Crippen LogP contribution in [0.2, 0.25) is 12.6 Å². The fourth-order valence-electron chi connectivity index (χ4n) is 1.79. The van der Waals surface area contributed by atoms with Gasteiger partial charge in [-0.3, -0.25) is 0 Å². The Kier molecular flexibility index (Phi) is 8.99. The molecule has 0 bridgehead atoms. The molecule has 0 aromatic rings. The zero-order valence-electron chi connectivity index (χ0n) is 15.6. The highest BCUT2D eigenvalue weighted by atomic mass is 28.4. The van der Waals surface area contributed by atoms with E-state index in [2.05, 4.69) is 4.74 Å². The lowest BCUT2D eigenvalue weighted by atomic mass is 9.98. The minimum absolute atomic E-state index is 0.127. The number of alkyl carbamates (subject to hydrolysis) is 1. The van der Waals surface area contributed by atoms with E-state index in [1.54, 1.807) is 11.9 Å². The molecular weight excluding hydrogens is 471 g/mol. The van der Waals surface area contributed by atoms with Gasteiger partial charge < -0.3 is 18.9 Å². The van der Waals surface area contributed by atoms with Crippen LogP contribution >= 0.6 is 0 Å². The van der Waals surface area contributed by atoms with Crippen LogP contribution in [-0.2, 0) is 13.6 Å². The number of hydrogen-bond donors (Lipinski definition) is 1. The van der Waals surface area contributed by atoms with E-state index in [-0.39, 0.29) is 19.0 Å². The van der Waals surface area contributed by atoms with E-state index in [1.165, 1.54) is 14.2 Å². The summed E-state index contributed by atoms with van der Waals surface area (Å²) in [5.41, 5.74) is 0. The molecule has 0 heterocycles. The van der Waals surface area contributed by atoms with Gasteiger partial charge in [-0.25, -0.2) is 4.79 Å². The predicted molar refractivity (Wildman–Crippen MR) is 80.3 cm³/mol. The molecule has 0 fully saturated rings. The smallest absolute Gasteiger partial charge is 0.443 e. The molecule has 0 saturated heterocycles. The van der Waals surface area contributed by atoms with E-state index in [0.717, 1.165) is 0 Å². The first-order valence-electron chi connectivity index (χ1n) is 7.81. The van der Waals surface area contributed by atoms with Crippen LogP contribution in [0.3, 0.4) is 0 Å². The minimum Gasteiger partial charge on any atom is -0.443 e. The second kappa shape index (κ2) is 9.42. The SMILES string of the molecule is CO[Si](C)(CCCNC(=O)OCC(F)(F)C(F)(F)C(F)(F)C(F)(F)C(F)(F)F)OC. The highest BCUT2D eigenvalue weighted by molar-refractivity contribution is 6.65. The summed E-state index contributed by atoms with van der Waals surface area (Å²) in [6, 6.07) is 0.271. The van der Waals surface area contributed by atoms with Gasteiger partial charge in [0.15, 0.2) is 6.61 Å². The fraction of sp³-hybridized carbons (Fsp3) is 0.923. The average Bonchev–Trinajstić information content (AvgIpc) is 2.62. The monoisotopic (exact) mass is 489 g/mol. The quantitative estimate of drug-likeness (QED) is 0.263. The first kappa shape index (κ1) is 28.6. The molecule has 0 rings (SSSR count). The third-order valence-electron chi connectivity index (χ3n) is 3.93. The van der Waals surface area contributed by atoms with Gasteiger partial charge in [-0.05, 0) is 19.0 Å². The van der Waals surface area contributed by atoms with Crippen LogP contribution < -0.4 is 5.32 Å². The molecule has 1 amide bonds. The number of carbonyl (C=O) groups is 1. The number of hydrogen-bond acceptors (Lipinski definition) is 4. The molecule has 0 aliphatic rings. The van der Waals surface area contributed by atoms with Gasteiger partial charge in [0.05, 0.1) is 0 Å². The van der Waals surface area contributed by atoms with E-state index in [1.807, 2.05) is 0 Å². The average molecular weight is 489 g/mol. The summed E-state index contributed by atoms with van der Waals surface area (Å²) < 4.78 is 154. The normalized spacial score (nSPS) is 14.6. The molecule has 1 N–H and O–H groups in total. The molecule has 30 heavy (non-hydrogen) atoms. The van der Waals surface area contributed by atoms with Crippen molar-refractivity contribution in [3.63, 3.8) is 0 Å². The molecule has 0 aliphatic heterocycles. The van der Waals surface area contributed by atoms with Crippen molar-refractivity contribution in [2.24, 2.45) is 0 Å². The van der Waals surface area contributed by atoms with E-state index in [9.17, 15) is 53.1 Å². The number of nitrogens with one attached hydrogen (secondary N) is 1. The lowest BCUT2D eigenvalue weighted by molar-refractivity contribution is -0.423. The molecule has 0 aliphatic carbocycles. The highest BCUT2D eigenvalue weighted by Gasteiger charge is 2.87. The van der Waals surface area contributed by atoms with Crippen molar-refractivity contribution in [1.82, 2.24) is 5.32 Å². The summed E-state index contributed by atoms with van der Waals surface area (Å²) in [6.45, 7) is -1.55. The van der Waals surface area contributed by atoms with Crippen molar-refractivity contribution in [1.29, 1.82) is 0 Å². The van der Waals surface area contributed by atoms with Crippen molar-refractivity contribution < 1.29 is 66.7 Å². The Morgan fingerprint density at radius 2 is 1.30 bits per heavy atom. The largest absolute Gasteiger partial charge is 0.460 e. The van der Waals surface area contributed by atoms with Crippen molar-refractivity contribution in [3.05, 3.63) is 0 Å². The molecule has 0 atom stereocenters. The maximum absolute atomic E-state index is 13.3. The van der Waals surface area contributed by atoms with Gasteiger partial charge >= 0.3 is 44.5 Å². The van der Waals surface area contributed by atoms with Crippen LogP contribution in [0.4, 0.5) is 53.1 Å². The van der Waals surface area contributed by atoms with Crippen LogP contribution in [0.15, 0.2) is 0 Å². The maximum atomic E-state index is 13.3. The summed E-state index contributed by atoms with van der Waals surface area (Å²) in [7, 11) is 0.135. The number of amides is 1. The van der Waals surface area contributed by atoms with Gasteiger partial charge in [-0.15, -0.1) is 0 Å². The van der Waals surface area contributed by atoms with Crippen molar-refractivity contribution in [3.8, 4) is 0 Å². The number of rotatable bonds is 11. The van der Waals surface area contributed by atoms with Crippen LogP contribution in [0, 0.1) is 0 Å². The molecular formula is C13H18F11NO4Si. The van der Waals surface area contributed by atoms with Crippen molar-refractivity contribution >= 4 is 14.7 Å². The third kappa shape index (κ3) is 5.86. The third-order valence-corrected chi connectivity index (χ3v) is 6.92. The zero-order chi connectivity index (χ0) is 24.2. The van der Waals surface area contributed by atoms with Crippen LogP contribution in [-0.4, -0.2) is 71.9 Å². The Bertz CT molecular complexity index is 582. The molecule has 0 unspecified atom stereocenters. The van der Waals surface area contributed by atoms with E-state index < -0.39 is 51.1 Å². The summed E-state index contributed by atoms with van der Waals surface area (Å²) in [5.74, 6) is -28.5. The molecule has 0 saturated carbocycles. The topological polar surface area (TPSA) is 56.8 Å². The number of ether oxygens (including phenoxy) is 1. The lowest BCUT2D eigenvalue weighted by Crippen LogP contribution is -2.67. The molecule has 180 valence electrons. The van der Waals surface area contributed by atoms with Crippen LogP contribution in [0.1, 0.15) is 6.42 Å². The Balaban J connectivity index is 5.00. The van der Waals surface area contributed by atoms with E-state index in [0.29, 0.717) is 0 Å². The van der Waals surface area contributed by atoms with E-state index >= 15 is 0 Å². The molecule has 0 aromatic heterocycles. The molecule has 17 heteroatoms. The van der Waals surface area contributed by atoms with Gasteiger partial charge in [-0.1, -0.05) is 0 Å². The van der Waals surface area contributed by atoms with Gasteiger partial charge in [0, 0.05) is 20.8 Å². The number of alkyl halides is 11. The van der Waals surface area contributed by atoms with Gasteiger partial charge in [-0.2, -0.15) is 48.3 Å². The summed E-state index contributed by atoms with van der Waals surface area (Å²) in [4.78, 5) is 11.2. The second-order valence-electron chi connectivity index (χ2n) is 6.07. The standard InChI is InChI=1S/C13H18F11NO4Si/c1-27-30(3,28-2)6-4-5-25-8(26)29-7-9(14,15)10(16,17)11(18,19)12(20,21)13(22,23)24/h4-7H2,1-3H3,(H,25,26). The molecule has 0 spiro atoms. The summed E-state index contributed by atoms with van der Waals surface area (Å²) in [5, 5.41) is 1.78. The maximum Gasteiger partial charge on any atom is 0.460 e. The second-order valence-corrected chi connectivity index (χ2v) is 9.66. The Morgan fingerprint density at radius 1 is 0.833 bits per heavy atom. The Labute approximate surface area is 164 Å². The summed E-state index contributed by atoms with van der Waals surface area (Å²) >= 11 is 0. The highest BCUT2D eigenvalue weighted by Crippen LogP contribution is 2.57.